The van der Waals surface area contributed by atoms with Gasteiger partial charge in [0.1, 0.15) is 0 Å². The Labute approximate surface area is 173 Å². The van der Waals surface area contributed by atoms with E-state index in [0.717, 1.165) is 20.5 Å². The Balaban J connectivity index is 2.08. The summed E-state index contributed by atoms with van der Waals surface area (Å²) in [5.41, 5.74) is 1.45. The monoisotopic (exact) mass is 409 g/mol. The third kappa shape index (κ3) is 4.40. The fourth-order valence-electron chi connectivity index (χ4n) is 2.93. The van der Waals surface area contributed by atoms with Gasteiger partial charge in [-0.1, -0.05) is 18.2 Å². The minimum atomic E-state index is -0.617. The molecule has 1 aromatic heterocycles. The second-order valence-corrected chi connectivity index (χ2v) is 6.89. The largest absolute Gasteiger partial charge is 0.476 e. The summed E-state index contributed by atoms with van der Waals surface area (Å²) < 4.78 is 7.26. The lowest BCUT2D eigenvalue weighted by Gasteiger charge is -2.14. The summed E-state index contributed by atoms with van der Waals surface area (Å²) in [6.45, 7) is 1.46. The molecular weight excluding hydrogens is 386 g/mol. The van der Waals surface area contributed by atoms with Crippen molar-refractivity contribution in [1.29, 1.82) is 0 Å². The average Bonchev–Trinajstić information content (AvgIpc) is 2.71. The van der Waals surface area contributed by atoms with Crippen LogP contribution in [0.25, 0.3) is 5.69 Å². The first-order valence-electron chi connectivity index (χ1n) is 9.22. The lowest BCUT2D eigenvalue weighted by Crippen LogP contribution is -2.41. The molecule has 0 bridgehead atoms. The van der Waals surface area contributed by atoms with Gasteiger partial charge in [0.15, 0.2) is 0 Å². The van der Waals surface area contributed by atoms with Crippen molar-refractivity contribution in [3.63, 3.8) is 0 Å². The Hall–Kier alpha value is -3.88. The molecule has 0 radical (unpaired) electrons. The van der Waals surface area contributed by atoms with Crippen molar-refractivity contribution in [2.24, 2.45) is 0 Å². The van der Waals surface area contributed by atoms with Crippen LogP contribution < -0.4 is 26.2 Å². The van der Waals surface area contributed by atoms with Crippen molar-refractivity contribution in [2.45, 2.75) is 13.5 Å². The summed E-state index contributed by atoms with van der Waals surface area (Å²) >= 11 is 0. The molecule has 0 fully saturated rings. The van der Waals surface area contributed by atoms with E-state index in [0.29, 0.717) is 11.4 Å². The van der Waals surface area contributed by atoms with Gasteiger partial charge in [-0.25, -0.2) is 9.36 Å². The van der Waals surface area contributed by atoms with E-state index in [9.17, 15) is 14.4 Å². The fraction of sp³-hybridized carbons (Fsp3) is 0.238. The van der Waals surface area contributed by atoms with Gasteiger partial charge in [0, 0.05) is 32.4 Å². The SMILES string of the molecule is COc1nn(-c2cccc(NC(C)=O)c2)c(=O)n(Cc2ccc(N(C)C)cc2)c1=O. The number of methoxy groups -OCH3 is 1. The number of hydrogen-bond donors (Lipinski definition) is 1. The van der Waals surface area contributed by atoms with Crippen LogP contribution in [0.15, 0.2) is 58.1 Å². The molecular formula is C21H23N5O4. The van der Waals surface area contributed by atoms with Gasteiger partial charge in [0.2, 0.25) is 5.91 Å². The molecule has 3 aromatic rings. The van der Waals surface area contributed by atoms with Gasteiger partial charge in [0.25, 0.3) is 5.88 Å². The third-order valence-corrected chi connectivity index (χ3v) is 4.43. The molecule has 9 heteroatoms. The highest BCUT2D eigenvalue weighted by Gasteiger charge is 2.16. The molecule has 9 nitrogen and oxygen atoms in total. The Morgan fingerprint density at radius 1 is 1.13 bits per heavy atom. The molecule has 1 N–H and O–H groups in total. The lowest BCUT2D eigenvalue weighted by molar-refractivity contribution is -0.114. The van der Waals surface area contributed by atoms with E-state index in [1.54, 1.807) is 24.3 Å². The molecule has 0 atom stereocenters. The van der Waals surface area contributed by atoms with E-state index in [-0.39, 0.29) is 18.3 Å². The van der Waals surface area contributed by atoms with Crippen molar-refractivity contribution in [2.75, 3.05) is 31.4 Å². The first-order valence-corrected chi connectivity index (χ1v) is 9.22. The molecule has 156 valence electrons. The maximum atomic E-state index is 13.1. The highest BCUT2D eigenvalue weighted by molar-refractivity contribution is 5.88. The van der Waals surface area contributed by atoms with Crippen LogP contribution in [-0.2, 0) is 11.3 Å². The second kappa shape index (κ2) is 8.64. The van der Waals surface area contributed by atoms with Crippen LogP contribution in [-0.4, -0.2) is 41.5 Å². The van der Waals surface area contributed by atoms with Crippen LogP contribution >= 0.6 is 0 Å². The molecule has 0 aliphatic rings. The zero-order chi connectivity index (χ0) is 21.8. The number of benzene rings is 2. The molecule has 0 saturated carbocycles. The number of nitrogens with zero attached hydrogens (tertiary/aromatic N) is 4. The summed E-state index contributed by atoms with van der Waals surface area (Å²) in [6, 6.07) is 14.1. The van der Waals surface area contributed by atoms with E-state index in [1.165, 1.54) is 14.0 Å². The molecule has 0 unspecified atom stereocenters. The zero-order valence-electron chi connectivity index (χ0n) is 17.2. The number of hydrogen-bond acceptors (Lipinski definition) is 6. The fourth-order valence-corrected chi connectivity index (χ4v) is 2.93. The summed E-state index contributed by atoms with van der Waals surface area (Å²) in [4.78, 5) is 39.1. The van der Waals surface area contributed by atoms with Crippen molar-refractivity contribution >= 4 is 17.3 Å². The van der Waals surface area contributed by atoms with Gasteiger partial charge in [-0.2, -0.15) is 4.68 Å². The Morgan fingerprint density at radius 2 is 1.83 bits per heavy atom. The molecule has 3 rings (SSSR count). The number of carbonyl (C=O) groups is 1. The number of aromatic nitrogens is 3. The summed E-state index contributed by atoms with van der Waals surface area (Å²) in [5.74, 6) is -0.444. The number of ether oxygens (including phenoxy) is 1. The highest BCUT2D eigenvalue weighted by Crippen LogP contribution is 2.14. The Bertz CT molecular complexity index is 1180. The van der Waals surface area contributed by atoms with Crippen LogP contribution in [0.1, 0.15) is 12.5 Å². The van der Waals surface area contributed by atoms with Gasteiger partial charge < -0.3 is 15.0 Å². The Kier molecular flexibility index (Phi) is 6.01. The number of carbonyl (C=O) groups excluding carboxylic acids is 1. The maximum Gasteiger partial charge on any atom is 0.352 e. The summed E-state index contributed by atoms with van der Waals surface area (Å²) in [5, 5.41) is 6.71. The van der Waals surface area contributed by atoms with Gasteiger partial charge >= 0.3 is 11.2 Å². The minimum Gasteiger partial charge on any atom is -0.476 e. The van der Waals surface area contributed by atoms with Crippen molar-refractivity contribution in [3.8, 4) is 11.6 Å². The van der Waals surface area contributed by atoms with Gasteiger partial charge in [0.05, 0.1) is 19.3 Å². The normalized spacial score (nSPS) is 10.5. The van der Waals surface area contributed by atoms with E-state index in [1.807, 2.05) is 43.3 Å². The lowest BCUT2D eigenvalue weighted by atomic mass is 10.2. The number of nitrogens with one attached hydrogen (secondary N) is 1. The Morgan fingerprint density at radius 3 is 2.43 bits per heavy atom. The van der Waals surface area contributed by atoms with Gasteiger partial charge in [-0.15, -0.1) is 5.10 Å². The molecule has 0 saturated heterocycles. The van der Waals surface area contributed by atoms with E-state index >= 15 is 0 Å². The van der Waals surface area contributed by atoms with E-state index in [4.69, 9.17) is 4.74 Å². The molecule has 1 heterocycles. The maximum absolute atomic E-state index is 13.1. The number of anilines is 2. The van der Waals surface area contributed by atoms with E-state index in [2.05, 4.69) is 10.4 Å². The standard InChI is InChI=1S/C21H23N5O4/c1-14(27)22-16-6-5-7-18(12-16)26-21(29)25(20(28)19(23-26)30-4)13-15-8-10-17(11-9-15)24(2)3/h5-12H,13H2,1-4H3,(H,22,27). The van der Waals surface area contributed by atoms with Crippen LogP contribution in [0.5, 0.6) is 5.88 Å². The van der Waals surface area contributed by atoms with E-state index < -0.39 is 11.2 Å². The highest BCUT2D eigenvalue weighted by atomic mass is 16.5. The first-order chi connectivity index (χ1) is 14.3. The quantitative estimate of drug-likeness (QED) is 0.662. The molecule has 1 amide bonds. The molecule has 30 heavy (non-hydrogen) atoms. The zero-order valence-corrected chi connectivity index (χ0v) is 17.2. The predicted molar refractivity (Wildman–Crippen MR) is 115 cm³/mol. The van der Waals surface area contributed by atoms with Crippen LogP contribution in [0, 0.1) is 0 Å². The smallest absolute Gasteiger partial charge is 0.352 e. The average molecular weight is 409 g/mol. The van der Waals surface area contributed by atoms with Crippen LogP contribution in [0.4, 0.5) is 11.4 Å². The summed E-state index contributed by atoms with van der Waals surface area (Å²) in [7, 11) is 5.18. The predicted octanol–water partition coefficient (Wildman–Crippen LogP) is 1.48. The topological polar surface area (TPSA) is 98.5 Å². The summed E-state index contributed by atoms with van der Waals surface area (Å²) in [6.07, 6.45) is 0. The van der Waals surface area contributed by atoms with Crippen molar-refractivity contribution in [1.82, 2.24) is 14.3 Å². The van der Waals surface area contributed by atoms with Crippen molar-refractivity contribution in [3.05, 3.63) is 74.9 Å². The third-order valence-electron chi connectivity index (χ3n) is 4.43. The number of rotatable bonds is 6. The van der Waals surface area contributed by atoms with Gasteiger partial charge in [-0.05, 0) is 35.9 Å². The number of amides is 1. The first kappa shape index (κ1) is 20.8. The minimum absolute atomic E-state index is 0.0651. The van der Waals surface area contributed by atoms with Gasteiger partial charge in [-0.3, -0.25) is 9.59 Å². The molecule has 0 spiro atoms. The van der Waals surface area contributed by atoms with Crippen LogP contribution in [0.2, 0.25) is 0 Å². The second-order valence-electron chi connectivity index (χ2n) is 6.89. The van der Waals surface area contributed by atoms with Crippen LogP contribution in [0.3, 0.4) is 0 Å². The van der Waals surface area contributed by atoms with Crippen molar-refractivity contribution < 1.29 is 9.53 Å². The molecule has 0 aliphatic heterocycles. The molecule has 2 aromatic carbocycles. The molecule has 0 aliphatic carbocycles.